The average molecular weight is 350 g/mol. The molecule has 0 saturated carbocycles. The molecule has 1 aromatic heterocycles. The normalized spacial score (nSPS) is 11.7. The monoisotopic (exact) mass is 350 g/mol. The van der Waals surface area contributed by atoms with Crippen LogP contribution in [-0.2, 0) is 6.18 Å². The van der Waals surface area contributed by atoms with Crippen LogP contribution in [0.5, 0.6) is 17.2 Å². The lowest BCUT2D eigenvalue weighted by Gasteiger charge is -2.14. The predicted octanol–water partition coefficient (Wildman–Crippen LogP) is 4.93. The summed E-state index contributed by atoms with van der Waals surface area (Å²) >= 11 is 0. The molecule has 1 N–H and O–H groups in total. The zero-order valence-electron chi connectivity index (χ0n) is 13.3. The van der Waals surface area contributed by atoms with Gasteiger partial charge >= 0.3 is 6.18 Å². The van der Waals surface area contributed by atoms with Crippen molar-refractivity contribution in [3.63, 3.8) is 0 Å². The fourth-order valence-corrected chi connectivity index (χ4v) is 2.34. The van der Waals surface area contributed by atoms with Crippen molar-refractivity contribution in [3.8, 4) is 17.2 Å². The van der Waals surface area contributed by atoms with E-state index >= 15 is 0 Å². The number of hydrogen-bond acceptors (Lipinski definition) is 4. The Kier molecular flexibility index (Phi) is 3.94. The van der Waals surface area contributed by atoms with Gasteiger partial charge in [-0.25, -0.2) is 0 Å². The number of aryl methyl sites for hydroxylation is 2. The Bertz CT molecular complexity index is 1020. The number of phenolic OH excluding ortho intramolecular Hbond substituents is 1. The highest BCUT2D eigenvalue weighted by molar-refractivity contribution is 5.79. The molecule has 7 heteroatoms. The van der Waals surface area contributed by atoms with Crippen molar-refractivity contribution >= 4 is 11.0 Å². The molecule has 0 saturated heterocycles. The molecule has 0 radical (unpaired) electrons. The van der Waals surface area contributed by atoms with Crippen LogP contribution in [0.1, 0.15) is 16.9 Å². The van der Waals surface area contributed by atoms with Crippen LogP contribution in [0.4, 0.5) is 13.2 Å². The number of phenols is 1. The molecular weight excluding hydrogens is 337 g/mol. The van der Waals surface area contributed by atoms with E-state index in [0.717, 1.165) is 17.2 Å². The second kappa shape index (κ2) is 5.84. The molecule has 25 heavy (non-hydrogen) atoms. The van der Waals surface area contributed by atoms with Gasteiger partial charge in [-0.3, -0.25) is 4.79 Å². The number of ether oxygens (including phenoxy) is 1. The number of benzene rings is 2. The standard InChI is InChI=1S/C18H13F3O4/c1-9-3-5-12(7-10(9)2)24-16-15(23)13-6-4-11(22)8-14(13)25-17(16)18(19,20)21/h3-8,22H,1-2H3. The van der Waals surface area contributed by atoms with Crippen LogP contribution in [0.15, 0.2) is 45.6 Å². The molecule has 0 atom stereocenters. The summed E-state index contributed by atoms with van der Waals surface area (Å²) in [5, 5.41) is 9.28. The Hall–Kier alpha value is -2.96. The average Bonchev–Trinajstić information content (AvgIpc) is 2.52. The first kappa shape index (κ1) is 16.9. The third-order valence-electron chi connectivity index (χ3n) is 3.79. The SMILES string of the molecule is Cc1ccc(Oc2c(C(F)(F)F)oc3cc(O)ccc3c2=O)cc1C. The molecule has 0 unspecified atom stereocenters. The summed E-state index contributed by atoms with van der Waals surface area (Å²) in [6, 6.07) is 8.01. The first-order valence-corrected chi connectivity index (χ1v) is 7.29. The highest BCUT2D eigenvalue weighted by Crippen LogP contribution is 2.38. The Morgan fingerprint density at radius 3 is 2.40 bits per heavy atom. The smallest absolute Gasteiger partial charge is 0.453 e. The third kappa shape index (κ3) is 3.17. The maximum absolute atomic E-state index is 13.3. The summed E-state index contributed by atoms with van der Waals surface area (Å²) < 4.78 is 50.1. The van der Waals surface area contributed by atoms with Crippen LogP contribution in [0.2, 0.25) is 0 Å². The minimum absolute atomic E-state index is 0.0963. The van der Waals surface area contributed by atoms with E-state index in [1.165, 1.54) is 24.3 Å². The van der Waals surface area contributed by atoms with Crippen molar-refractivity contribution in [1.82, 2.24) is 0 Å². The molecule has 4 nitrogen and oxygen atoms in total. The number of fused-ring (bicyclic) bond motifs is 1. The van der Waals surface area contributed by atoms with E-state index < -0.39 is 23.1 Å². The fraction of sp³-hybridized carbons (Fsp3) is 0.167. The number of alkyl halides is 3. The maximum Gasteiger partial charge on any atom is 0.453 e. The van der Waals surface area contributed by atoms with Gasteiger partial charge in [0.1, 0.15) is 17.1 Å². The van der Waals surface area contributed by atoms with Gasteiger partial charge in [-0.2, -0.15) is 13.2 Å². The van der Waals surface area contributed by atoms with E-state index in [-0.39, 0.29) is 22.5 Å². The zero-order chi connectivity index (χ0) is 18.4. The predicted molar refractivity (Wildman–Crippen MR) is 85.1 cm³/mol. The van der Waals surface area contributed by atoms with Gasteiger partial charge in [0.2, 0.25) is 11.2 Å². The zero-order valence-corrected chi connectivity index (χ0v) is 13.3. The second-order valence-electron chi connectivity index (χ2n) is 5.62. The molecular formula is C18H13F3O4. The summed E-state index contributed by atoms with van der Waals surface area (Å²) in [6.07, 6.45) is -4.94. The minimum atomic E-state index is -4.94. The van der Waals surface area contributed by atoms with E-state index in [1.54, 1.807) is 13.0 Å². The van der Waals surface area contributed by atoms with E-state index in [2.05, 4.69) is 0 Å². The van der Waals surface area contributed by atoms with Gasteiger partial charge < -0.3 is 14.3 Å². The molecule has 0 bridgehead atoms. The number of halogens is 3. The topological polar surface area (TPSA) is 59.7 Å². The van der Waals surface area contributed by atoms with Crippen molar-refractivity contribution in [2.45, 2.75) is 20.0 Å². The molecule has 0 aliphatic rings. The van der Waals surface area contributed by atoms with Gasteiger partial charge in [0.25, 0.3) is 5.76 Å². The van der Waals surface area contributed by atoms with E-state index in [1.807, 2.05) is 6.92 Å². The first-order chi connectivity index (χ1) is 11.7. The van der Waals surface area contributed by atoms with Gasteiger partial charge in [0.15, 0.2) is 0 Å². The summed E-state index contributed by atoms with van der Waals surface area (Å²) in [5.74, 6) is -2.70. The summed E-state index contributed by atoms with van der Waals surface area (Å²) in [6.45, 7) is 3.62. The third-order valence-corrected chi connectivity index (χ3v) is 3.79. The Morgan fingerprint density at radius 1 is 1.04 bits per heavy atom. The highest BCUT2D eigenvalue weighted by atomic mass is 19.4. The molecule has 0 aliphatic heterocycles. The molecule has 0 amide bonds. The highest BCUT2D eigenvalue weighted by Gasteiger charge is 2.40. The molecule has 0 spiro atoms. The van der Waals surface area contributed by atoms with Crippen LogP contribution in [0, 0.1) is 13.8 Å². The Balaban J connectivity index is 2.24. The molecule has 3 rings (SSSR count). The molecule has 2 aromatic carbocycles. The molecule has 130 valence electrons. The van der Waals surface area contributed by atoms with Crippen molar-refractivity contribution in [2.24, 2.45) is 0 Å². The summed E-state index contributed by atoms with van der Waals surface area (Å²) in [5.41, 5.74) is 0.405. The van der Waals surface area contributed by atoms with Gasteiger partial charge in [0.05, 0.1) is 5.39 Å². The number of hydrogen-bond donors (Lipinski definition) is 1. The van der Waals surface area contributed by atoms with Crippen LogP contribution in [-0.4, -0.2) is 5.11 Å². The van der Waals surface area contributed by atoms with Crippen molar-refractivity contribution in [2.75, 3.05) is 0 Å². The van der Waals surface area contributed by atoms with Crippen LogP contribution in [0.3, 0.4) is 0 Å². The van der Waals surface area contributed by atoms with E-state index in [4.69, 9.17) is 9.15 Å². The quantitative estimate of drug-likeness (QED) is 0.712. The number of aromatic hydroxyl groups is 1. The second-order valence-corrected chi connectivity index (χ2v) is 5.62. The maximum atomic E-state index is 13.3. The van der Waals surface area contributed by atoms with Gasteiger partial charge in [0, 0.05) is 6.07 Å². The van der Waals surface area contributed by atoms with Crippen molar-refractivity contribution in [1.29, 1.82) is 0 Å². The molecule has 0 aliphatic carbocycles. The van der Waals surface area contributed by atoms with E-state index in [9.17, 15) is 23.1 Å². The van der Waals surface area contributed by atoms with Gasteiger partial charge in [-0.15, -0.1) is 0 Å². The minimum Gasteiger partial charge on any atom is -0.508 e. The lowest BCUT2D eigenvalue weighted by atomic mass is 10.1. The lowest BCUT2D eigenvalue weighted by molar-refractivity contribution is -0.154. The van der Waals surface area contributed by atoms with Crippen LogP contribution >= 0.6 is 0 Å². The Morgan fingerprint density at radius 2 is 1.76 bits per heavy atom. The molecule has 3 aromatic rings. The Labute approximate surface area is 140 Å². The van der Waals surface area contributed by atoms with Crippen molar-refractivity contribution in [3.05, 3.63) is 63.5 Å². The van der Waals surface area contributed by atoms with Crippen LogP contribution < -0.4 is 10.2 Å². The summed E-state index contributed by atoms with van der Waals surface area (Å²) in [4.78, 5) is 12.5. The van der Waals surface area contributed by atoms with Gasteiger partial charge in [-0.05, 0) is 49.2 Å². The van der Waals surface area contributed by atoms with Gasteiger partial charge in [-0.1, -0.05) is 6.07 Å². The van der Waals surface area contributed by atoms with E-state index in [0.29, 0.717) is 0 Å². The fourth-order valence-electron chi connectivity index (χ4n) is 2.34. The first-order valence-electron chi connectivity index (χ1n) is 7.29. The largest absolute Gasteiger partial charge is 0.508 e. The number of rotatable bonds is 2. The summed E-state index contributed by atoms with van der Waals surface area (Å²) in [7, 11) is 0. The van der Waals surface area contributed by atoms with Crippen LogP contribution in [0.25, 0.3) is 11.0 Å². The molecule has 1 heterocycles. The van der Waals surface area contributed by atoms with Crippen molar-refractivity contribution < 1.29 is 27.4 Å². The lowest BCUT2D eigenvalue weighted by Crippen LogP contribution is -2.15. The molecule has 0 fully saturated rings.